The van der Waals surface area contributed by atoms with Gasteiger partial charge in [-0.25, -0.2) is 0 Å². The van der Waals surface area contributed by atoms with Crippen LogP contribution in [0.2, 0.25) is 0 Å². The van der Waals surface area contributed by atoms with Crippen molar-refractivity contribution in [3.05, 3.63) is 60.2 Å². The predicted octanol–water partition coefficient (Wildman–Crippen LogP) is 4.85. The molecule has 1 atom stereocenters. The Labute approximate surface area is 105 Å². The van der Waals surface area contributed by atoms with E-state index in [4.69, 9.17) is 0 Å². The van der Waals surface area contributed by atoms with E-state index in [1.807, 2.05) is 6.07 Å². The maximum atomic E-state index is 3.51. The fraction of sp³-hybridized carbons (Fsp3) is 0.200. The number of hydrogen-bond donors (Lipinski definition) is 0. The molecule has 0 N–H and O–H groups in total. The Morgan fingerprint density at radius 2 is 1.44 bits per heavy atom. The van der Waals surface area contributed by atoms with E-state index in [0.717, 1.165) is 5.33 Å². The first-order valence-electron chi connectivity index (χ1n) is 5.52. The van der Waals surface area contributed by atoms with Gasteiger partial charge in [-0.05, 0) is 22.6 Å². The molecule has 0 saturated carbocycles. The van der Waals surface area contributed by atoms with Crippen LogP contribution in [0.3, 0.4) is 0 Å². The van der Waals surface area contributed by atoms with Crippen molar-refractivity contribution in [1.82, 2.24) is 0 Å². The molecule has 2 aromatic rings. The summed E-state index contributed by atoms with van der Waals surface area (Å²) in [5.41, 5.74) is 3.95. The van der Waals surface area contributed by atoms with Gasteiger partial charge in [-0.2, -0.15) is 0 Å². The van der Waals surface area contributed by atoms with Crippen LogP contribution < -0.4 is 0 Å². The molecule has 0 fully saturated rings. The molecule has 0 nitrogen and oxygen atoms in total. The standard InChI is InChI=1S/C15H15Br/c1-12(11-16)13-7-9-15(10-8-13)14-5-3-2-4-6-14/h2-10,12H,11H2,1H3/t12-/m0/s1. The summed E-state index contributed by atoms with van der Waals surface area (Å²) in [6.45, 7) is 2.23. The van der Waals surface area contributed by atoms with Crippen molar-refractivity contribution >= 4 is 15.9 Å². The van der Waals surface area contributed by atoms with Gasteiger partial charge in [0.25, 0.3) is 0 Å². The quantitative estimate of drug-likeness (QED) is 0.702. The van der Waals surface area contributed by atoms with Crippen LogP contribution in [0.1, 0.15) is 18.4 Å². The topological polar surface area (TPSA) is 0 Å². The van der Waals surface area contributed by atoms with Gasteiger partial charge in [-0.3, -0.25) is 0 Å². The molecule has 2 rings (SSSR count). The second-order valence-corrected chi connectivity index (χ2v) is 4.69. The molecule has 0 amide bonds. The molecule has 2 aromatic carbocycles. The summed E-state index contributed by atoms with van der Waals surface area (Å²) < 4.78 is 0. The fourth-order valence-electron chi connectivity index (χ4n) is 1.72. The minimum atomic E-state index is 0.574. The maximum Gasteiger partial charge on any atom is 0.00975 e. The van der Waals surface area contributed by atoms with E-state index in [1.165, 1.54) is 16.7 Å². The van der Waals surface area contributed by atoms with Gasteiger partial charge in [0.15, 0.2) is 0 Å². The van der Waals surface area contributed by atoms with Gasteiger partial charge in [-0.1, -0.05) is 77.5 Å². The highest BCUT2D eigenvalue weighted by atomic mass is 79.9. The Kier molecular flexibility index (Phi) is 3.79. The molecule has 82 valence electrons. The zero-order valence-electron chi connectivity index (χ0n) is 9.36. The van der Waals surface area contributed by atoms with Crippen LogP contribution in [0.25, 0.3) is 11.1 Å². The van der Waals surface area contributed by atoms with Crippen LogP contribution in [-0.2, 0) is 0 Å². The minimum absolute atomic E-state index is 0.574. The van der Waals surface area contributed by atoms with E-state index in [1.54, 1.807) is 0 Å². The summed E-state index contributed by atoms with van der Waals surface area (Å²) in [6, 6.07) is 19.3. The number of hydrogen-bond acceptors (Lipinski definition) is 0. The van der Waals surface area contributed by atoms with E-state index in [-0.39, 0.29) is 0 Å². The monoisotopic (exact) mass is 274 g/mol. The van der Waals surface area contributed by atoms with Crippen LogP contribution >= 0.6 is 15.9 Å². The Morgan fingerprint density at radius 3 is 2.00 bits per heavy atom. The lowest BCUT2D eigenvalue weighted by Gasteiger charge is -2.09. The minimum Gasteiger partial charge on any atom is -0.0922 e. The molecule has 16 heavy (non-hydrogen) atoms. The molecule has 1 heteroatoms. The fourth-order valence-corrected chi connectivity index (χ4v) is 2.10. The van der Waals surface area contributed by atoms with Crippen LogP contribution in [0.5, 0.6) is 0 Å². The first-order chi connectivity index (χ1) is 7.81. The molecule has 0 saturated heterocycles. The highest BCUT2D eigenvalue weighted by molar-refractivity contribution is 9.09. The first kappa shape index (κ1) is 11.4. The molecular weight excluding hydrogens is 260 g/mol. The van der Waals surface area contributed by atoms with Crippen molar-refractivity contribution in [2.24, 2.45) is 0 Å². The predicted molar refractivity (Wildman–Crippen MR) is 74.1 cm³/mol. The largest absolute Gasteiger partial charge is 0.0922 e. The molecule has 0 heterocycles. The summed E-state index contributed by atoms with van der Waals surface area (Å²) >= 11 is 3.51. The van der Waals surface area contributed by atoms with Gasteiger partial charge in [0.05, 0.1) is 0 Å². The molecule has 0 aliphatic heterocycles. The van der Waals surface area contributed by atoms with Crippen molar-refractivity contribution in [3.8, 4) is 11.1 Å². The van der Waals surface area contributed by atoms with Gasteiger partial charge >= 0.3 is 0 Å². The lowest BCUT2D eigenvalue weighted by molar-refractivity contribution is 0.888. The number of rotatable bonds is 3. The van der Waals surface area contributed by atoms with Gasteiger partial charge in [0.1, 0.15) is 0 Å². The summed E-state index contributed by atoms with van der Waals surface area (Å²) in [6.07, 6.45) is 0. The Balaban J connectivity index is 2.26. The number of alkyl halides is 1. The third-order valence-corrected chi connectivity index (χ3v) is 3.79. The van der Waals surface area contributed by atoms with E-state index < -0.39 is 0 Å². The summed E-state index contributed by atoms with van der Waals surface area (Å²) in [7, 11) is 0. The molecular formula is C15H15Br. The van der Waals surface area contributed by atoms with Crippen molar-refractivity contribution in [3.63, 3.8) is 0 Å². The highest BCUT2D eigenvalue weighted by Crippen LogP contribution is 2.23. The van der Waals surface area contributed by atoms with Gasteiger partial charge in [0.2, 0.25) is 0 Å². The third-order valence-electron chi connectivity index (χ3n) is 2.82. The molecule has 0 aromatic heterocycles. The number of halogens is 1. The van der Waals surface area contributed by atoms with Gasteiger partial charge in [-0.15, -0.1) is 0 Å². The van der Waals surface area contributed by atoms with Crippen molar-refractivity contribution in [2.75, 3.05) is 5.33 Å². The van der Waals surface area contributed by atoms with Crippen LogP contribution in [0.15, 0.2) is 54.6 Å². The van der Waals surface area contributed by atoms with Crippen LogP contribution in [0, 0.1) is 0 Å². The molecule has 0 spiro atoms. The van der Waals surface area contributed by atoms with Crippen LogP contribution in [0.4, 0.5) is 0 Å². The smallest absolute Gasteiger partial charge is 0.00975 e. The average Bonchev–Trinajstić information content (AvgIpc) is 2.39. The third kappa shape index (κ3) is 2.53. The Morgan fingerprint density at radius 1 is 0.875 bits per heavy atom. The van der Waals surface area contributed by atoms with Gasteiger partial charge in [0, 0.05) is 5.33 Å². The van der Waals surface area contributed by atoms with E-state index in [0.29, 0.717) is 5.92 Å². The number of benzene rings is 2. The normalized spacial score (nSPS) is 12.4. The summed E-state index contributed by atoms with van der Waals surface area (Å²) in [5, 5.41) is 1.01. The molecule has 0 aliphatic rings. The van der Waals surface area contributed by atoms with E-state index in [9.17, 15) is 0 Å². The van der Waals surface area contributed by atoms with Crippen molar-refractivity contribution in [2.45, 2.75) is 12.8 Å². The summed E-state index contributed by atoms with van der Waals surface area (Å²) in [5.74, 6) is 0.574. The second-order valence-electron chi connectivity index (χ2n) is 4.04. The van der Waals surface area contributed by atoms with E-state index in [2.05, 4.69) is 71.4 Å². The lowest BCUT2D eigenvalue weighted by atomic mass is 9.99. The zero-order valence-corrected chi connectivity index (χ0v) is 10.9. The Bertz CT molecular complexity index is 431. The first-order valence-corrected chi connectivity index (χ1v) is 6.65. The Hall–Kier alpha value is -1.08. The second kappa shape index (κ2) is 5.31. The molecule has 0 aliphatic carbocycles. The van der Waals surface area contributed by atoms with Crippen molar-refractivity contribution in [1.29, 1.82) is 0 Å². The van der Waals surface area contributed by atoms with Crippen LogP contribution in [-0.4, -0.2) is 5.33 Å². The van der Waals surface area contributed by atoms with Crippen molar-refractivity contribution < 1.29 is 0 Å². The van der Waals surface area contributed by atoms with Gasteiger partial charge < -0.3 is 0 Å². The highest BCUT2D eigenvalue weighted by Gasteiger charge is 2.03. The SMILES string of the molecule is C[C@@H](CBr)c1ccc(-c2ccccc2)cc1. The maximum absolute atomic E-state index is 3.51. The zero-order chi connectivity index (χ0) is 11.4. The lowest BCUT2D eigenvalue weighted by Crippen LogP contribution is -1.93. The average molecular weight is 275 g/mol. The summed E-state index contributed by atoms with van der Waals surface area (Å²) in [4.78, 5) is 0. The van der Waals surface area contributed by atoms with E-state index >= 15 is 0 Å². The molecule has 0 radical (unpaired) electrons. The molecule has 0 bridgehead atoms. The molecule has 0 unspecified atom stereocenters.